The van der Waals surface area contributed by atoms with Gasteiger partial charge in [-0.1, -0.05) is 13.3 Å². The van der Waals surface area contributed by atoms with Crippen LogP contribution in [-0.4, -0.2) is 29.3 Å². The van der Waals surface area contributed by atoms with Crippen molar-refractivity contribution in [2.24, 2.45) is 7.05 Å². The van der Waals surface area contributed by atoms with Crippen LogP contribution >= 0.6 is 12.4 Å². The molecule has 1 rings (SSSR count). The van der Waals surface area contributed by atoms with Crippen molar-refractivity contribution in [3.05, 3.63) is 11.8 Å². The van der Waals surface area contributed by atoms with Gasteiger partial charge < -0.3 is 10.6 Å². The van der Waals surface area contributed by atoms with Crippen LogP contribution in [0.25, 0.3) is 0 Å². The number of likely N-dealkylation sites (N-methyl/N-ethyl adjacent to an activating group) is 1. The van der Waals surface area contributed by atoms with E-state index < -0.39 is 0 Å². The Morgan fingerprint density at radius 1 is 1.56 bits per heavy atom. The van der Waals surface area contributed by atoms with Gasteiger partial charge >= 0.3 is 0 Å². The van der Waals surface area contributed by atoms with E-state index in [0.29, 0.717) is 6.54 Å². The Balaban J connectivity index is 0.00000225. The predicted octanol–water partition coefficient (Wildman–Crippen LogP) is 0.952. The maximum atomic E-state index is 11.3. The number of carbonyl (C=O) groups excluding carboxylic acids is 1. The third-order valence-corrected chi connectivity index (χ3v) is 2.04. The summed E-state index contributed by atoms with van der Waals surface area (Å²) in [5.41, 5.74) is 1.01. The molecule has 1 heterocycles. The summed E-state index contributed by atoms with van der Waals surface area (Å²) in [4.78, 5) is 11.3. The summed E-state index contributed by atoms with van der Waals surface area (Å²) in [6, 6.07) is 1.91. The van der Waals surface area contributed by atoms with Crippen molar-refractivity contribution in [3.63, 3.8) is 0 Å². The third-order valence-electron chi connectivity index (χ3n) is 2.04. The molecule has 1 aromatic heterocycles. The molecule has 0 radical (unpaired) electrons. The van der Waals surface area contributed by atoms with Gasteiger partial charge in [0.2, 0.25) is 5.91 Å². The first-order valence-corrected chi connectivity index (χ1v) is 5.14. The molecule has 0 aromatic carbocycles. The van der Waals surface area contributed by atoms with Gasteiger partial charge in [0.25, 0.3) is 0 Å². The fourth-order valence-corrected chi connectivity index (χ4v) is 1.37. The summed E-state index contributed by atoms with van der Waals surface area (Å²) in [7, 11) is 3.57. The predicted molar refractivity (Wildman–Crippen MR) is 67.0 cm³/mol. The zero-order valence-electron chi connectivity index (χ0n) is 9.91. The fourth-order valence-electron chi connectivity index (χ4n) is 1.37. The summed E-state index contributed by atoms with van der Waals surface area (Å²) in [5.74, 6) is 0.697. The van der Waals surface area contributed by atoms with Crippen LogP contribution in [0.3, 0.4) is 0 Å². The molecule has 92 valence electrons. The van der Waals surface area contributed by atoms with Crippen molar-refractivity contribution in [2.75, 3.05) is 18.9 Å². The molecule has 0 bridgehead atoms. The van der Waals surface area contributed by atoms with Gasteiger partial charge in [-0.25, -0.2) is 0 Å². The Morgan fingerprint density at radius 2 is 2.25 bits per heavy atom. The number of halogens is 1. The Labute approximate surface area is 102 Å². The monoisotopic (exact) mass is 246 g/mol. The minimum atomic E-state index is -0.0523. The number of hydrogen-bond acceptors (Lipinski definition) is 3. The number of rotatable bonds is 5. The van der Waals surface area contributed by atoms with Crippen LogP contribution in [0.15, 0.2) is 6.07 Å². The van der Waals surface area contributed by atoms with Gasteiger partial charge in [0.05, 0.1) is 12.2 Å². The Kier molecular flexibility index (Phi) is 6.76. The van der Waals surface area contributed by atoms with E-state index >= 15 is 0 Å². The first-order valence-electron chi connectivity index (χ1n) is 5.14. The van der Waals surface area contributed by atoms with Crippen molar-refractivity contribution in [1.29, 1.82) is 0 Å². The fraction of sp³-hybridized carbons (Fsp3) is 0.600. The molecule has 0 saturated carbocycles. The van der Waals surface area contributed by atoms with Gasteiger partial charge in [-0.2, -0.15) is 5.10 Å². The first kappa shape index (κ1) is 14.9. The van der Waals surface area contributed by atoms with E-state index in [2.05, 4.69) is 22.7 Å². The number of hydrogen-bond donors (Lipinski definition) is 2. The minimum Gasteiger partial charge on any atom is -0.311 e. The number of nitrogens with zero attached hydrogens (tertiary/aromatic N) is 2. The number of anilines is 1. The average Bonchev–Trinajstić information content (AvgIpc) is 2.48. The SMILES string of the molecule is CCCc1cc(NC(=O)CNC)n(C)n1.Cl. The summed E-state index contributed by atoms with van der Waals surface area (Å²) >= 11 is 0. The van der Waals surface area contributed by atoms with Crippen molar-refractivity contribution < 1.29 is 4.79 Å². The highest BCUT2D eigenvalue weighted by Gasteiger charge is 2.07. The molecule has 5 nitrogen and oxygen atoms in total. The van der Waals surface area contributed by atoms with Crippen LogP contribution in [0.4, 0.5) is 5.82 Å². The Morgan fingerprint density at radius 3 is 2.81 bits per heavy atom. The van der Waals surface area contributed by atoms with Crippen molar-refractivity contribution >= 4 is 24.1 Å². The topological polar surface area (TPSA) is 59.0 Å². The zero-order chi connectivity index (χ0) is 11.3. The molecule has 0 saturated heterocycles. The zero-order valence-corrected chi connectivity index (χ0v) is 10.7. The van der Waals surface area contributed by atoms with Crippen LogP contribution in [0, 0.1) is 0 Å². The van der Waals surface area contributed by atoms with E-state index in [4.69, 9.17) is 0 Å². The van der Waals surface area contributed by atoms with E-state index in [1.807, 2.05) is 13.1 Å². The second-order valence-corrected chi connectivity index (χ2v) is 3.47. The molecule has 2 N–H and O–H groups in total. The summed E-state index contributed by atoms with van der Waals surface area (Å²) in [6.45, 7) is 2.42. The standard InChI is InChI=1S/C10H18N4O.ClH/c1-4-5-8-6-9(14(3)13-8)12-10(15)7-11-2;/h6,11H,4-5,7H2,1-3H3,(H,12,15);1H. The van der Waals surface area contributed by atoms with Crippen molar-refractivity contribution in [1.82, 2.24) is 15.1 Å². The highest BCUT2D eigenvalue weighted by atomic mass is 35.5. The summed E-state index contributed by atoms with van der Waals surface area (Å²) < 4.78 is 1.69. The van der Waals surface area contributed by atoms with Crippen molar-refractivity contribution in [3.8, 4) is 0 Å². The van der Waals surface area contributed by atoms with Gasteiger partial charge in [-0.05, 0) is 13.5 Å². The van der Waals surface area contributed by atoms with Crippen LogP contribution < -0.4 is 10.6 Å². The quantitative estimate of drug-likeness (QED) is 0.814. The molecule has 6 heteroatoms. The van der Waals surface area contributed by atoms with Gasteiger partial charge in [0.15, 0.2) is 0 Å². The Hall–Kier alpha value is -1.07. The maximum Gasteiger partial charge on any atom is 0.239 e. The summed E-state index contributed by atoms with van der Waals surface area (Å²) in [5, 5.41) is 9.88. The highest BCUT2D eigenvalue weighted by Crippen LogP contribution is 2.10. The van der Waals surface area contributed by atoms with Gasteiger partial charge in [0.1, 0.15) is 5.82 Å². The van der Waals surface area contributed by atoms with Gasteiger partial charge in [-0.3, -0.25) is 9.48 Å². The molecule has 0 fully saturated rings. The molecule has 1 aromatic rings. The third kappa shape index (κ3) is 4.20. The lowest BCUT2D eigenvalue weighted by molar-refractivity contribution is -0.115. The second-order valence-electron chi connectivity index (χ2n) is 3.47. The van der Waals surface area contributed by atoms with E-state index in [-0.39, 0.29) is 18.3 Å². The molecule has 0 aliphatic rings. The van der Waals surface area contributed by atoms with Crippen LogP contribution in [0.5, 0.6) is 0 Å². The number of carbonyl (C=O) groups is 1. The van der Waals surface area contributed by atoms with Gasteiger partial charge in [-0.15, -0.1) is 12.4 Å². The molecule has 0 spiro atoms. The molecule has 0 aliphatic carbocycles. The van der Waals surface area contributed by atoms with Crippen LogP contribution in [0.2, 0.25) is 0 Å². The molecule has 0 atom stereocenters. The maximum absolute atomic E-state index is 11.3. The largest absolute Gasteiger partial charge is 0.311 e. The number of nitrogens with one attached hydrogen (secondary N) is 2. The highest BCUT2D eigenvalue weighted by molar-refractivity contribution is 5.91. The lowest BCUT2D eigenvalue weighted by Crippen LogP contribution is -2.25. The van der Waals surface area contributed by atoms with Crippen LogP contribution in [-0.2, 0) is 18.3 Å². The molecular formula is C10H19ClN4O. The van der Waals surface area contributed by atoms with E-state index in [1.165, 1.54) is 0 Å². The molecule has 0 unspecified atom stereocenters. The molecule has 0 aliphatic heterocycles. The Bertz CT molecular complexity index is 338. The number of aryl methyl sites for hydroxylation is 2. The van der Waals surface area contributed by atoms with Crippen LogP contribution in [0.1, 0.15) is 19.0 Å². The minimum absolute atomic E-state index is 0. The number of amides is 1. The van der Waals surface area contributed by atoms with Gasteiger partial charge in [0, 0.05) is 13.1 Å². The molecular weight excluding hydrogens is 228 g/mol. The first-order chi connectivity index (χ1) is 7.17. The molecule has 16 heavy (non-hydrogen) atoms. The second kappa shape index (κ2) is 7.24. The van der Waals surface area contributed by atoms with E-state index in [0.717, 1.165) is 24.4 Å². The number of aromatic nitrogens is 2. The van der Waals surface area contributed by atoms with E-state index in [9.17, 15) is 4.79 Å². The average molecular weight is 247 g/mol. The normalized spacial score (nSPS) is 9.69. The lowest BCUT2D eigenvalue weighted by atomic mass is 10.2. The van der Waals surface area contributed by atoms with E-state index in [1.54, 1.807) is 11.7 Å². The summed E-state index contributed by atoms with van der Waals surface area (Å²) in [6.07, 6.45) is 2.00. The molecule has 1 amide bonds. The smallest absolute Gasteiger partial charge is 0.239 e. The van der Waals surface area contributed by atoms with Crippen molar-refractivity contribution in [2.45, 2.75) is 19.8 Å². The lowest BCUT2D eigenvalue weighted by Gasteiger charge is -2.03.